The third kappa shape index (κ3) is 7.41. The van der Waals surface area contributed by atoms with E-state index in [-0.39, 0.29) is 0 Å². The third-order valence-electron chi connectivity index (χ3n) is 10.00. The molecule has 46 heavy (non-hydrogen) atoms. The van der Waals surface area contributed by atoms with Gasteiger partial charge < -0.3 is 4.57 Å². The van der Waals surface area contributed by atoms with Gasteiger partial charge in [0.15, 0.2) is 6.71 Å². The maximum absolute atomic E-state index is 5.23. The first-order valence-corrected chi connectivity index (χ1v) is 18.3. The fourth-order valence-corrected chi connectivity index (χ4v) is 7.47. The molecular formula is C43H51BN2. The molecule has 236 valence electrons. The van der Waals surface area contributed by atoms with E-state index < -0.39 is 0 Å². The lowest BCUT2D eigenvalue weighted by molar-refractivity contribution is 0.617. The molecule has 0 N–H and O–H groups in total. The van der Waals surface area contributed by atoms with E-state index in [1.54, 1.807) is 0 Å². The smallest absolute Gasteiger partial charge is 0.176 e. The quantitative estimate of drug-likeness (QED) is 0.0746. The largest absolute Gasteiger partial charge is 0.309 e. The highest BCUT2D eigenvalue weighted by atomic mass is 15.0. The summed E-state index contributed by atoms with van der Waals surface area (Å²) in [6.45, 7) is 5.14. The Morgan fingerprint density at radius 1 is 0.543 bits per heavy atom. The molecule has 0 aliphatic rings. The van der Waals surface area contributed by atoms with Crippen LogP contribution in [0.4, 0.5) is 0 Å². The van der Waals surface area contributed by atoms with Crippen molar-refractivity contribution in [2.45, 2.75) is 104 Å². The van der Waals surface area contributed by atoms with Crippen molar-refractivity contribution in [1.29, 1.82) is 0 Å². The first-order valence-electron chi connectivity index (χ1n) is 18.3. The number of fused-ring (bicyclic) bond motifs is 4. The van der Waals surface area contributed by atoms with E-state index in [2.05, 4.69) is 122 Å². The highest BCUT2D eigenvalue weighted by Gasteiger charge is 2.23. The maximum Gasteiger partial charge on any atom is 0.176 e. The third-order valence-corrected chi connectivity index (χ3v) is 10.00. The summed E-state index contributed by atoms with van der Waals surface area (Å²) in [6, 6.07) is 38.0. The molecule has 0 aliphatic heterocycles. The summed E-state index contributed by atoms with van der Waals surface area (Å²) in [6.07, 6.45) is 18.6. The Balaban J connectivity index is 1.42. The second-order valence-electron chi connectivity index (χ2n) is 13.3. The van der Waals surface area contributed by atoms with Gasteiger partial charge in [0.2, 0.25) is 0 Å². The number of pyridine rings is 1. The molecule has 6 aromatic rings. The standard InChI is InChI=1S/C43H51BN2/c1-3-5-7-9-11-19-31-44(32-20-12-10-8-6-4-2)39-33-35(28-29-38(39)41-30-27-34-21-13-16-24-40(34)45-41)46-42-25-17-14-22-36(42)37-23-15-18-26-43(37)46/h13-18,21-30,33H,3-12,19-20,31-32H2,1-2H3. The second-order valence-corrected chi connectivity index (χ2v) is 13.3. The Morgan fingerprint density at radius 3 is 1.76 bits per heavy atom. The molecule has 0 spiro atoms. The van der Waals surface area contributed by atoms with Crippen LogP contribution >= 0.6 is 0 Å². The number of nitrogens with zero attached hydrogens (tertiary/aromatic N) is 2. The van der Waals surface area contributed by atoms with Crippen molar-refractivity contribution in [2.24, 2.45) is 0 Å². The minimum atomic E-state index is 0.522. The molecule has 0 saturated heterocycles. The van der Waals surface area contributed by atoms with Crippen LogP contribution in [0.2, 0.25) is 12.6 Å². The van der Waals surface area contributed by atoms with E-state index in [4.69, 9.17) is 4.98 Å². The molecule has 0 saturated carbocycles. The van der Waals surface area contributed by atoms with E-state index in [1.807, 2.05) is 0 Å². The average Bonchev–Trinajstić information content (AvgIpc) is 3.44. The Morgan fingerprint density at radius 2 is 1.11 bits per heavy atom. The molecule has 0 amide bonds. The number of benzene rings is 4. The highest BCUT2D eigenvalue weighted by Crippen LogP contribution is 2.33. The predicted octanol–water partition coefficient (Wildman–Crippen LogP) is 12.4. The summed E-state index contributed by atoms with van der Waals surface area (Å²) >= 11 is 0. The van der Waals surface area contributed by atoms with Gasteiger partial charge in [-0.3, -0.25) is 0 Å². The molecule has 2 aromatic heterocycles. The van der Waals surface area contributed by atoms with Gasteiger partial charge in [-0.05, 0) is 42.0 Å². The van der Waals surface area contributed by atoms with Crippen molar-refractivity contribution in [3.05, 3.63) is 103 Å². The van der Waals surface area contributed by atoms with Crippen molar-refractivity contribution >= 4 is 44.9 Å². The summed E-state index contributed by atoms with van der Waals surface area (Å²) in [5.74, 6) is 0. The summed E-state index contributed by atoms with van der Waals surface area (Å²) in [4.78, 5) is 5.23. The highest BCUT2D eigenvalue weighted by molar-refractivity contribution is 6.74. The second kappa shape index (κ2) is 16.1. The van der Waals surface area contributed by atoms with Crippen molar-refractivity contribution in [2.75, 3.05) is 0 Å². The van der Waals surface area contributed by atoms with Gasteiger partial charge in [0, 0.05) is 21.8 Å². The molecule has 3 heteroatoms. The molecule has 2 heterocycles. The van der Waals surface area contributed by atoms with Gasteiger partial charge in [-0.25, -0.2) is 4.98 Å². The Hall–Kier alpha value is -3.85. The van der Waals surface area contributed by atoms with Crippen LogP contribution in [-0.4, -0.2) is 16.3 Å². The van der Waals surface area contributed by atoms with Crippen LogP contribution in [-0.2, 0) is 0 Å². The molecular weight excluding hydrogens is 555 g/mol. The van der Waals surface area contributed by atoms with Gasteiger partial charge in [0.05, 0.1) is 22.2 Å². The van der Waals surface area contributed by atoms with Crippen LogP contribution in [0.5, 0.6) is 0 Å². The molecule has 0 unspecified atom stereocenters. The zero-order valence-electron chi connectivity index (χ0n) is 28.2. The van der Waals surface area contributed by atoms with Gasteiger partial charge in [-0.1, -0.05) is 176 Å². The zero-order valence-corrected chi connectivity index (χ0v) is 28.2. The Bertz CT molecular complexity index is 1780. The van der Waals surface area contributed by atoms with Crippen LogP contribution in [0, 0.1) is 0 Å². The lowest BCUT2D eigenvalue weighted by Gasteiger charge is -2.21. The summed E-state index contributed by atoms with van der Waals surface area (Å²) in [5, 5.41) is 3.83. The minimum absolute atomic E-state index is 0.522. The van der Waals surface area contributed by atoms with Gasteiger partial charge in [0.25, 0.3) is 0 Å². The van der Waals surface area contributed by atoms with Crippen molar-refractivity contribution < 1.29 is 0 Å². The van der Waals surface area contributed by atoms with E-state index in [9.17, 15) is 0 Å². The van der Waals surface area contributed by atoms with Gasteiger partial charge in [-0.15, -0.1) is 0 Å². The maximum atomic E-state index is 5.23. The molecule has 4 aromatic carbocycles. The van der Waals surface area contributed by atoms with Crippen LogP contribution in [0.15, 0.2) is 103 Å². The van der Waals surface area contributed by atoms with Crippen molar-refractivity contribution in [3.63, 3.8) is 0 Å². The van der Waals surface area contributed by atoms with Crippen LogP contribution < -0.4 is 5.46 Å². The topological polar surface area (TPSA) is 17.8 Å². The Kier molecular flexibility index (Phi) is 11.3. The molecule has 0 atom stereocenters. The lowest BCUT2D eigenvalue weighted by atomic mass is 9.38. The van der Waals surface area contributed by atoms with Crippen LogP contribution in [0.25, 0.3) is 49.7 Å². The van der Waals surface area contributed by atoms with Crippen molar-refractivity contribution in [1.82, 2.24) is 9.55 Å². The molecule has 0 fully saturated rings. The lowest BCUT2D eigenvalue weighted by Crippen LogP contribution is -2.32. The van der Waals surface area contributed by atoms with E-state index in [0.29, 0.717) is 6.71 Å². The van der Waals surface area contributed by atoms with E-state index in [0.717, 1.165) is 11.2 Å². The number of hydrogen-bond donors (Lipinski definition) is 0. The van der Waals surface area contributed by atoms with Crippen molar-refractivity contribution in [3.8, 4) is 16.9 Å². The van der Waals surface area contributed by atoms with Gasteiger partial charge in [0.1, 0.15) is 0 Å². The van der Waals surface area contributed by atoms with E-state index in [1.165, 1.54) is 134 Å². The van der Waals surface area contributed by atoms with Crippen LogP contribution in [0.1, 0.15) is 90.9 Å². The minimum Gasteiger partial charge on any atom is -0.309 e. The van der Waals surface area contributed by atoms with Gasteiger partial charge >= 0.3 is 0 Å². The Labute approximate surface area is 277 Å². The first kappa shape index (κ1) is 32.1. The number of para-hydroxylation sites is 3. The number of unbranched alkanes of at least 4 members (excludes halogenated alkanes) is 10. The predicted molar refractivity (Wildman–Crippen MR) is 203 cm³/mol. The fourth-order valence-electron chi connectivity index (χ4n) is 7.47. The number of hydrogen-bond acceptors (Lipinski definition) is 1. The van der Waals surface area contributed by atoms with Gasteiger partial charge in [-0.2, -0.15) is 0 Å². The fraction of sp³-hybridized carbons (Fsp3) is 0.372. The summed E-state index contributed by atoms with van der Waals surface area (Å²) in [7, 11) is 0. The molecule has 0 radical (unpaired) electrons. The van der Waals surface area contributed by atoms with Crippen LogP contribution in [0.3, 0.4) is 0 Å². The molecule has 0 bridgehead atoms. The number of aromatic nitrogens is 2. The zero-order chi connectivity index (χ0) is 31.6. The monoisotopic (exact) mass is 606 g/mol. The average molecular weight is 607 g/mol. The summed E-state index contributed by atoms with van der Waals surface area (Å²) < 4.78 is 2.48. The molecule has 2 nitrogen and oxygen atoms in total. The summed E-state index contributed by atoms with van der Waals surface area (Å²) in [5.41, 5.74) is 8.75. The molecule has 6 rings (SSSR count). The molecule has 0 aliphatic carbocycles. The van der Waals surface area contributed by atoms with E-state index >= 15 is 0 Å². The number of rotatable bonds is 17. The first-order chi connectivity index (χ1) is 22.8. The normalized spacial score (nSPS) is 11.6. The SMILES string of the molecule is CCCCCCCCB(CCCCCCCC)c1cc(-n2c3ccccc3c3ccccc32)ccc1-c1ccc2ccccc2n1.